The zero-order chi connectivity index (χ0) is 33.9. The fourth-order valence-corrected chi connectivity index (χ4v) is 7.70. The number of carbonyl (C=O) groups excluding carboxylic acids is 1. The van der Waals surface area contributed by atoms with Crippen LogP contribution in [0.5, 0.6) is 5.88 Å². The van der Waals surface area contributed by atoms with Gasteiger partial charge in [0.1, 0.15) is 13.2 Å². The molecule has 2 atom stereocenters. The van der Waals surface area contributed by atoms with Crippen LogP contribution < -0.4 is 14.5 Å². The molecule has 3 aliphatic rings. The lowest BCUT2D eigenvalue weighted by molar-refractivity contribution is 0.0768. The second kappa shape index (κ2) is 14.5. The Balaban J connectivity index is 1.19. The number of pyridine rings is 1. The van der Waals surface area contributed by atoms with Gasteiger partial charge in [0.05, 0.1) is 41.5 Å². The van der Waals surface area contributed by atoms with Gasteiger partial charge in [-0.2, -0.15) is 9.65 Å². The summed E-state index contributed by atoms with van der Waals surface area (Å²) in [5.41, 5.74) is 3.93. The van der Waals surface area contributed by atoms with Crippen molar-refractivity contribution in [3.8, 4) is 11.9 Å². The molecule has 2 saturated heterocycles. The summed E-state index contributed by atoms with van der Waals surface area (Å²) in [6, 6.07) is 23.5. The summed E-state index contributed by atoms with van der Waals surface area (Å²) >= 11 is 6.71. The van der Waals surface area contributed by atoms with E-state index in [1.54, 1.807) is 4.90 Å². The van der Waals surface area contributed by atoms with Gasteiger partial charge in [-0.1, -0.05) is 66.2 Å². The van der Waals surface area contributed by atoms with E-state index in [-0.39, 0.29) is 31.5 Å². The Labute approximate surface area is 291 Å². The molecule has 9 nitrogen and oxygen atoms in total. The highest BCUT2D eigenvalue weighted by molar-refractivity contribution is 6.36. The smallest absolute Gasteiger partial charge is 0.410 e. The average Bonchev–Trinajstić information content (AvgIpc) is 3.54. The molecule has 2 fully saturated rings. The minimum absolute atomic E-state index is 0.00612. The molecule has 254 valence electrons. The molecule has 3 aromatic carbocycles. The molecule has 1 unspecified atom stereocenters. The number of rotatable bonds is 8. The first kappa shape index (κ1) is 32.9. The van der Waals surface area contributed by atoms with Crippen LogP contribution in [0.1, 0.15) is 36.1 Å². The molecule has 0 saturated carbocycles. The maximum atomic E-state index is 16.7. The number of fused-ring (bicyclic) bond motifs is 2. The van der Waals surface area contributed by atoms with Crippen molar-refractivity contribution < 1.29 is 18.7 Å². The average molecular weight is 683 g/mol. The molecule has 1 aromatic heterocycles. The van der Waals surface area contributed by atoms with Gasteiger partial charge < -0.3 is 29.1 Å². The lowest BCUT2D eigenvalue weighted by Crippen LogP contribution is -2.55. The molecule has 7 rings (SSSR count). The van der Waals surface area contributed by atoms with Crippen molar-refractivity contribution in [1.82, 2.24) is 14.8 Å². The minimum Gasteiger partial charge on any atom is -0.474 e. The molecule has 0 aliphatic carbocycles. The Kier molecular flexibility index (Phi) is 9.74. The number of hydrogen-bond acceptors (Lipinski definition) is 8. The quantitative estimate of drug-likeness (QED) is 0.201. The number of nitriles is 1. The molecule has 49 heavy (non-hydrogen) atoms. The van der Waals surface area contributed by atoms with Crippen molar-refractivity contribution in [1.29, 1.82) is 5.26 Å². The number of likely N-dealkylation sites (tertiary alicyclic amines) is 1. The van der Waals surface area contributed by atoms with E-state index >= 15 is 4.39 Å². The van der Waals surface area contributed by atoms with Crippen molar-refractivity contribution in [2.24, 2.45) is 0 Å². The Morgan fingerprint density at radius 1 is 1.02 bits per heavy atom. The van der Waals surface area contributed by atoms with Crippen LogP contribution in [0, 0.1) is 17.1 Å². The zero-order valence-corrected chi connectivity index (χ0v) is 28.4. The molecule has 0 spiro atoms. The number of aromatic nitrogens is 1. The number of nitrogens with zero attached hydrogens (tertiary/aromatic N) is 6. The normalized spacial score (nSPS) is 19.5. The van der Waals surface area contributed by atoms with Gasteiger partial charge in [0.2, 0.25) is 5.82 Å². The summed E-state index contributed by atoms with van der Waals surface area (Å²) in [6.07, 6.45) is 2.25. The van der Waals surface area contributed by atoms with Crippen molar-refractivity contribution in [2.75, 3.05) is 56.2 Å². The lowest BCUT2D eigenvalue weighted by Gasteiger charge is -2.42. The highest BCUT2D eigenvalue weighted by Gasteiger charge is 2.36. The molecule has 1 amide bonds. The van der Waals surface area contributed by atoms with Gasteiger partial charge in [-0.05, 0) is 55.9 Å². The van der Waals surface area contributed by atoms with Gasteiger partial charge in [-0.3, -0.25) is 0 Å². The number of amides is 1. The second-order valence-corrected chi connectivity index (χ2v) is 13.5. The van der Waals surface area contributed by atoms with Crippen molar-refractivity contribution in [2.45, 2.75) is 50.9 Å². The predicted molar refractivity (Wildman–Crippen MR) is 189 cm³/mol. The maximum absolute atomic E-state index is 16.7. The number of halogens is 2. The van der Waals surface area contributed by atoms with Crippen LogP contribution in [0.3, 0.4) is 0 Å². The highest BCUT2D eigenvalue weighted by Crippen LogP contribution is 2.40. The predicted octanol–water partition coefficient (Wildman–Crippen LogP) is 6.80. The van der Waals surface area contributed by atoms with E-state index in [0.717, 1.165) is 52.7 Å². The van der Waals surface area contributed by atoms with Crippen LogP contribution in [-0.4, -0.2) is 79.3 Å². The van der Waals surface area contributed by atoms with Crippen molar-refractivity contribution in [3.05, 3.63) is 94.4 Å². The fourth-order valence-electron chi connectivity index (χ4n) is 7.43. The third-order valence-corrected chi connectivity index (χ3v) is 10.4. The molecular formula is C38H40ClFN6O3. The first-order chi connectivity index (χ1) is 23.9. The van der Waals surface area contributed by atoms with Crippen molar-refractivity contribution >= 4 is 39.8 Å². The maximum Gasteiger partial charge on any atom is 0.410 e. The summed E-state index contributed by atoms with van der Waals surface area (Å²) in [5.74, 6) is -0.495. The summed E-state index contributed by atoms with van der Waals surface area (Å²) in [7, 11) is 2.07. The molecule has 0 bridgehead atoms. The zero-order valence-electron chi connectivity index (χ0n) is 27.7. The van der Waals surface area contributed by atoms with Gasteiger partial charge in [0.15, 0.2) is 0 Å². The van der Waals surface area contributed by atoms with Crippen molar-refractivity contribution in [3.63, 3.8) is 0 Å². The van der Waals surface area contributed by atoms with Gasteiger partial charge in [0.25, 0.3) is 5.88 Å². The number of carbonyl (C=O) groups is 1. The summed E-state index contributed by atoms with van der Waals surface area (Å²) in [4.78, 5) is 26.1. The monoisotopic (exact) mass is 682 g/mol. The third kappa shape index (κ3) is 6.83. The largest absolute Gasteiger partial charge is 0.474 e. The second-order valence-electron chi connectivity index (χ2n) is 13.1. The number of anilines is 2. The number of ether oxygens (including phenoxy) is 2. The fraction of sp³-hybridized carbons (Fsp3) is 0.395. The Hall–Kier alpha value is -4.59. The summed E-state index contributed by atoms with van der Waals surface area (Å²) in [6.45, 7) is 3.53. The summed E-state index contributed by atoms with van der Waals surface area (Å²) in [5, 5.41) is 12.4. The lowest BCUT2D eigenvalue weighted by atomic mass is 9.98. The Morgan fingerprint density at radius 3 is 2.61 bits per heavy atom. The van der Waals surface area contributed by atoms with Gasteiger partial charge >= 0.3 is 6.09 Å². The minimum atomic E-state index is -0.489. The third-order valence-electron chi connectivity index (χ3n) is 10.1. The van der Waals surface area contributed by atoms with E-state index in [1.165, 1.54) is 0 Å². The summed E-state index contributed by atoms with van der Waals surface area (Å²) < 4.78 is 28.6. The van der Waals surface area contributed by atoms with Gasteiger partial charge in [-0.25, -0.2) is 9.78 Å². The number of benzene rings is 3. The standard InChI is InChI=1S/C38H40ClFN6O3/c1-43-18-7-12-29(43)25-48-37-35(40)36(45-20-21-46(28(22-45)15-17-41)38(47)49-24-26-8-3-2-4-9-26)30-16-19-44(23-32(30)42-37)33-14-6-11-27-10-5-13-31(39)34(27)33/h2-6,8-11,13-14,28-29H,7,12,15-16,18-25H2,1H3/t28?,29-/m0/s1. The van der Waals surface area contributed by atoms with Crippen LogP contribution in [-0.2, 0) is 24.3 Å². The molecule has 0 radical (unpaired) electrons. The van der Waals surface area contributed by atoms with Gasteiger partial charge in [-0.15, -0.1) is 0 Å². The number of piperazine rings is 1. The molecule has 0 N–H and O–H groups in total. The highest BCUT2D eigenvalue weighted by atomic mass is 35.5. The van der Waals surface area contributed by atoms with Crippen LogP contribution in [0.4, 0.5) is 20.6 Å². The topological polar surface area (TPSA) is 85.2 Å². The molecular weight excluding hydrogens is 643 g/mol. The number of likely N-dealkylation sites (N-methyl/N-ethyl adjacent to an activating group) is 1. The molecule has 11 heteroatoms. The first-order valence-electron chi connectivity index (χ1n) is 17.0. The van der Waals surface area contributed by atoms with Crippen LogP contribution in [0.2, 0.25) is 5.02 Å². The van der Waals surface area contributed by atoms with Gasteiger partial charge in [0, 0.05) is 48.9 Å². The number of hydrogen-bond donors (Lipinski definition) is 0. The first-order valence-corrected chi connectivity index (χ1v) is 17.3. The van der Waals surface area contributed by atoms with E-state index in [9.17, 15) is 10.1 Å². The Bertz CT molecular complexity index is 1870. The Morgan fingerprint density at radius 2 is 1.84 bits per heavy atom. The van der Waals surface area contributed by atoms with E-state index < -0.39 is 18.0 Å². The van der Waals surface area contributed by atoms with E-state index in [1.807, 2.05) is 53.4 Å². The molecule has 4 heterocycles. The SMILES string of the molecule is CN1CCC[C@H]1COc1nc2c(c(N3CCN(C(=O)OCc4ccccc4)C(CC#N)C3)c1F)CCN(c1cccc3cccc(Cl)c13)C2. The van der Waals surface area contributed by atoms with Crippen LogP contribution >= 0.6 is 11.6 Å². The van der Waals surface area contributed by atoms with Crippen LogP contribution in [0.25, 0.3) is 10.8 Å². The van der Waals surface area contributed by atoms with E-state index in [0.29, 0.717) is 49.9 Å². The van der Waals surface area contributed by atoms with E-state index in [2.05, 4.69) is 41.1 Å². The molecule has 3 aliphatic heterocycles. The molecule has 4 aromatic rings. The van der Waals surface area contributed by atoms with E-state index in [4.69, 9.17) is 26.1 Å². The van der Waals surface area contributed by atoms with Crippen LogP contribution in [0.15, 0.2) is 66.7 Å².